The molecule has 1 saturated heterocycles. The predicted molar refractivity (Wildman–Crippen MR) is 78.9 cm³/mol. The fourth-order valence-corrected chi connectivity index (χ4v) is 3.72. The van der Waals surface area contributed by atoms with E-state index in [2.05, 4.69) is 11.2 Å². The fraction of sp³-hybridized carbons (Fsp3) is 0.714. The standard InChI is InChI=1S/C14H21N3O2S/c1-20-10-11-3-2-4-17(7-11)14(18)12-8-16-5-6-19-9-13(16)15-12/h8,11H,2-7,9-10H2,1H3. The maximum Gasteiger partial charge on any atom is 0.274 e. The highest BCUT2D eigenvalue weighted by molar-refractivity contribution is 7.98. The van der Waals surface area contributed by atoms with Gasteiger partial charge in [-0.25, -0.2) is 4.98 Å². The number of imidazole rings is 1. The second-order valence-corrected chi connectivity index (χ2v) is 6.41. The average molecular weight is 295 g/mol. The van der Waals surface area contributed by atoms with Crippen LogP contribution in [-0.2, 0) is 17.9 Å². The van der Waals surface area contributed by atoms with Gasteiger partial charge in [-0.05, 0) is 30.8 Å². The normalized spacial score (nSPS) is 22.6. The molecule has 0 N–H and O–H groups in total. The maximum atomic E-state index is 12.6. The van der Waals surface area contributed by atoms with Crippen molar-refractivity contribution >= 4 is 17.7 Å². The van der Waals surface area contributed by atoms with Crippen molar-refractivity contribution < 1.29 is 9.53 Å². The van der Waals surface area contributed by atoms with Crippen molar-refractivity contribution in [2.45, 2.75) is 26.0 Å². The van der Waals surface area contributed by atoms with Crippen molar-refractivity contribution in [1.29, 1.82) is 0 Å². The number of carbonyl (C=O) groups excluding carboxylic acids is 1. The summed E-state index contributed by atoms with van der Waals surface area (Å²) in [5.74, 6) is 2.72. The van der Waals surface area contributed by atoms with E-state index < -0.39 is 0 Å². The van der Waals surface area contributed by atoms with Gasteiger partial charge in [0.2, 0.25) is 0 Å². The highest BCUT2D eigenvalue weighted by atomic mass is 32.2. The molecule has 6 heteroatoms. The van der Waals surface area contributed by atoms with Gasteiger partial charge in [-0.3, -0.25) is 4.79 Å². The number of aromatic nitrogens is 2. The van der Waals surface area contributed by atoms with Gasteiger partial charge >= 0.3 is 0 Å². The molecule has 1 aromatic rings. The number of nitrogens with zero attached hydrogens (tertiary/aromatic N) is 3. The lowest BCUT2D eigenvalue weighted by Crippen LogP contribution is -2.40. The zero-order valence-electron chi connectivity index (χ0n) is 11.9. The van der Waals surface area contributed by atoms with Crippen LogP contribution in [0.3, 0.4) is 0 Å². The number of thioether (sulfide) groups is 1. The van der Waals surface area contributed by atoms with Gasteiger partial charge in [0.1, 0.15) is 18.1 Å². The molecule has 0 aliphatic carbocycles. The molecule has 3 heterocycles. The highest BCUT2D eigenvalue weighted by Gasteiger charge is 2.26. The zero-order chi connectivity index (χ0) is 13.9. The van der Waals surface area contributed by atoms with Crippen LogP contribution in [0, 0.1) is 5.92 Å². The molecule has 20 heavy (non-hydrogen) atoms. The second kappa shape index (κ2) is 6.18. The van der Waals surface area contributed by atoms with Crippen LogP contribution >= 0.6 is 11.8 Å². The van der Waals surface area contributed by atoms with E-state index in [1.807, 2.05) is 27.4 Å². The van der Waals surface area contributed by atoms with Crippen molar-refractivity contribution in [3.05, 3.63) is 17.7 Å². The minimum Gasteiger partial charge on any atom is -0.372 e. The van der Waals surface area contributed by atoms with E-state index in [4.69, 9.17) is 4.74 Å². The summed E-state index contributed by atoms with van der Waals surface area (Å²) in [6, 6.07) is 0. The molecule has 2 aliphatic rings. The molecular weight excluding hydrogens is 274 g/mol. The Morgan fingerprint density at radius 1 is 1.55 bits per heavy atom. The van der Waals surface area contributed by atoms with Gasteiger partial charge in [0.15, 0.2) is 0 Å². The Balaban J connectivity index is 1.70. The van der Waals surface area contributed by atoms with Gasteiger partial charge in [0.05, 0.1) is 6.61 Å². The smallest absolute Gasteiger partial charge is 0.274 e. The summed E-state index contributed by atoms with van der Waals surface area (Å²) in [7, 11) is 0. The molecular formula is C14H21N3O2S. The molecule has 1 amide bonds. The van der Waals surface area contributed by atoms with Crippen molar-refractivity contribution in [3.63, 3.8) is 0 Å². The molecule has 1 atom stereocenters. The summed E-state index contributed by atoms with van der Waals surface area (Å²) < 4.78 is 7.41. The molecule has 0 spiro atoms. The first-order valence-corrected chi connectivity index (χ1v) is 8.59. The Morgan fingerprint density at radius 2 is 2.45 bits per heavy atom. The number of ether oxygens (including phenoxy) is 1. The lowest BCUT2D eigenvalue weighted by atomic mass is 10.00. The van der Waals surface area contributed by atoms with E-state index in [1.165, 1.54) is 6.42 Å². The molecule has 2 aliphatic heterocycles. The lowest BCUT2D eigenvalue weighted by Gasteiger charge is -2.32. The monoisotopic (exact) mass is 295 g/mol. The Hall–Kier alpha value is -1.01. The summed E-state index contributed by atoms with van der Waals surface area (Å²) >= 11 is 1.87. The minimum absolute atomic E-state index is 0.0812. The largest absolute Gasteiger partial charge is 0.372 e. The predicted octanol–water partition coefficient (Wildman–Crippen LogP) is 1.63. The number of amides is 1. The second-order valence-electron chi connectivity index (χ2n) is 5.50. The number of fused-ring (bicyclic) bond motifs is 1. The quantitative estimate of drug-likeness (QED) is 0.850. The van der Waals surface area contributed by atoms with Crippen LogP contribution in [0.25, 0.3) is 0 Å². The van der Waals surface area contributed by atoms with Gasteiger partial charge in [0, 0.05) is 25.8 Å². The average Bonchev–Trinajstić information content (AvgIpc) is 2.91. The lowest BCUT2D eigenvalue weighted by molar-refractivity contribution is 0.0679. The summed E-state index contributed by atoms with van der Waals surface area (Å²) in [5, 5.41) is 0. The Bertz CT molecular complexity index is 463. The molecule has 1 aromatic heterocycles. The Labute approximate surface area is 123 Å². The van der Waals surface area contributed by atoms with E-state index in [0.717, 1.165) is 37.6 Å². The zero-order valence-corrected chi connectivity index (χ0v) is 12.7. The van der Waals surface area contributed by atoms with Crippen LogP contribution < -0.4 is 0 Å². The summed E-state index contributed by atoms with van der Waals surface area (Å²) in [5.41, 5.74) is 0.579. The van der Waals surface area contributed by atoms with E-state index in [9.17, 15) is 4.79 Å². The van der Waals surface area contributed by atoms with E-state index in [1.54, 1.807) is 0 Å². The number of piperidine rings is 1. The van der Waals surface area contributed by atoms with E-state index in [0.29, 0.717) is 24.8 Å². The molecule has 3 rings (SSSR count). The van der Waals surface area contributed by atoms with Gasteiger partial charge in [-0.1, -0.05) is 0 Å². The fourth-order valence-electron chi connectivity index (χ4n) is 2.98. The summed E-state index contributed by atoms with van der Waals surface area (Å²) in [6.45, 7) is 3.75. The van der Waals surface area contributed by atoms with Crippen molar-refractivity contribution in [1.82, 2.24) is 14.5 Å². The SMILES string of the molecule is CSCC1CCCN(C(=O)c2cn3c(n2)COCC3)C1. The number of rotatable bonds is 3. The van der Waals surface area contributed by atoms with Crippen LogP contribution in [0.4, 0.5) is 0 Å². The van der Waals surface area contributed by atoms with Crippen molar-refractivity contribution in [3.8, 4) is 0 Å². The molecule has 110 valence electrons. The van der Waals surface area contributed by atoms with Gasteiger partial charge in [0.25, 0.3) is 5.91 Å². The van der Waals surface area contributed by atoms with E-state index in [-0.39, 0.29) is 5.91 Å². The van der Waals surface area contributed by atoms with Crippen LogP contribution in [0.5, 0.6) is 0 Å². The first-order valence-electron chi connectivity index (χ1n) is 7.20. The molecule has 1 unspecified atom stereocenters. The first kappa shape index (κ1) is 13.9. The highest BCUT2D eigenvalue weighted by Crippen LogP contribution is 2.21. The van der Waals surface area contributed by atoms with Gasteiger partial charge in [-0.2, -0.15) is 11.8 Å². The van der Waals surface area contributed by atoms with Crippen LogP contribution in [0.1, 0.15) is 29.2 Å². The molecule has 1 fully saturated rings. The molecule has 0 aromatic carbocycles. The van der Waals surface area contributed by atoms with Crippen LogP contribution in [0.15, 0.2) is 6.20 Å². The Kier molecular flexibility index (Phi) is 4.31. The summed E-state index contributed by atoms with van der Waals surface area (Å²) in [4.78, 5) is 19.0. The molecule has 0 saturated carbocycles. The van der Waals surface area contributed by atoms with E-state index >= 15 is 0 Å². The van der Waals surface area contributed by atoms with Crippen LogP contribution in [0.2, 0.25) is 0 Å². The maximum absolute atomic E-state index is 12.6. The van der Waals surface area contributed by atoms with Crippen molar-refractivity contribution in [2.24, 2.45) is 5.92 Å². The topological polar surface area (TPSA) is 47.4 Å². The summed E-state index contributed by atoms with van der Waals surface area (Å²) in [6.07, 6.45) is 6.36. The number of hydrogen-bond donors (Lipinski definition) is 0. The minimum atomic E-state index is 0.0812. The third kappa shape index (κ3) is 2.86. The third-order valence-corrected chi connectivity index (χ3v) is 4.80. The third-order valence-electron chi connectivity index (χ3n) is 3.99. The first-order chi connectivity index (χ1) is 9.78. The van der Waals surface area contributed by atoms with Gasteiger partial charge in [-0.15, -0.1) is 0 Å². The van der Waals surface area contributed by atoms with Crippen LogP contribution in [-0.4, -0.2) is 52.1 Å². The molecule has 5 nitrogen and oxygen atoms in total. The molecule has 0 bridgehead atoms. The van der Waals surface area contributed by atoms with Crippen molar-refractivity contribution in [2.75, 3.05) is 31.7 Å². The molecule has 0 radical (unpaired) electrons. The number of likely N-dealkylation sites (tertiary alicyclic amines) is 1. The van der Waals surface area contributed by atoms with Gasteiger partial charge < -0.3 is 14.2 Å². The Morgan fingerprint density at radius 3 is 3.25 bits per heavy atom. The number of carbonyl (C=O) groups is 1. The number of hydrogen-bond acceptors (Lipinski definition) is 4.